The lowest BCUT2D eigenvalue weighted by Gasteiger charge is -2.11. The van der Waals surface area contributed by atoms with E-state index >= 15 is 0 Å². The minimum Gasteiger partial charge on any atom is -0.309 e. The van der Waals surface area contributed by atoms with Crippen LogP contribution in [-0.2, 0) is 0 Å². The molecule has 0 radical (unpaired) electrons. The largest absolute Gasteiger partial charge is 0.309 e. The highest BCUT2D eigenvalue weighted by atomic mass is 15.1. The molecule has 0 unspecified atom stereocenters. The lowest BCUT2D eigenvalue weighted by atomic mass is 10.0. The van der Waals surface area contributed by atoms with E-state index in [1.165, 1.54) is 76.5 Å². The van der Waals surface area contributed by atoms with Gasteiger partial charge >= 0.3 is 0 Å². The van der Waals surface area contributed by atoms with E-state index in [1.54, 1.807) is 0 Å². The number of hydrogen-bond acceptors (Lipinski definition) is 1. The number of rotatable bonds is 7. The zero-order chi connectivity index (χ0) is 47.3. The van der Waals surface area contributed by atoms with E-state index in [2.05, 4.69) is 279 Å². The molecular weight excluding hydrogens is 875 g/mol. The highest BCUT2D eigenvalue weighted by Crippen LogP contribution is 2.41. The van der Waals surface area contributed by atoms with Gasteiger partial charge in [-0.1, -0.05) is 146 Å². The van der Waals surface area contributed by atoms with E-state index in [4.69, 9.17) is 4.98 Å². The Morgan fingerprint density at radius 1 is 0.208 bits per heavy atom. The Morgan fingerprint density at radius 3 is 1.08 bits per heavy atom. The topological polar surface area (TPSA) is 32.6 Å². The number of aromatic nitrogens is 5. The molecule has 0 atom stereocenters. The van der Waals surface area contributed by atoms with Gasteiger partial charge in [-0.3, -0.25) is 4.57 Å². The molecule has 4 heterocycles. The molecule has 0 spiro atoms. The maximum Gasteiger partial charge on any atom is 0.145 e. The molecule has 15 rings (SSSR count). The first-order valence-corrected chi connectivity index (χ1v) is 24.6. The molecule has 0 bridgehead atoms. The van der Waals surface area contributed by atoms with Crippen LogP contribution in [0.15, 0.2) is 261 Å². The van der Waals surface area contributed by atoms with Crippen molar-refractivity contribution in [2.75, 3.05) is 0 Å². The molecule has 72 heavy (non-hydrogen) atoms. The fourth-order valence-electron chi connectivity index (χ4n) is 11.5. The molecular formula is C67H43N5. The van der Waals surface area contributed by atoms with Gasteiger partial charge in [0.2, 0.25) is 0 Å². The molecule has 0 aliphatic rings. The maximum atomic E-state index is 5.14. The van der Waals surface area contributed by atoms with Crippen LogP contribution in [0.5, 0.6) is 0 Å². The van der Waals surface area contributed by atoms with Crippen LogP contribution < -0.4 is 0 Å². The first-order valence-electron chi connectivity index (χ1n) is 24.6. The Balaban J connectivity index is 0.861. The fraction of sp³-hybridized carbons (Fsp3) is 0. The Kier molecular flexibility index (Phi) is 8.89. The third kappa shape index (κ3) is 6.17. The smallest absolute Gasteiger partial charge is 0.145 e. The van der Waals surface area contributed by atoms with Crippen molar-refractivity contribution in [1.82, 2.24) is 23.3 Å². The van der Waals surface area contributed by atoms with Crippen LogP contribution in [0, 0.1) is 0 Å². The SMILES string of the molecule is c1ccc(-n2c(-c3ccc(-c4ccc5c(c4)c4cc(-n6c7ccccc7c7cc(-c8ccc9c(c8)c8ccccc8n9-c8ccccc8)ccc76)ccc4n5-c4ccccc4)cc3)nc3ccccc32)cc1. The normalized spacial score (nSPS) is 11.9. The molecule has 0 fully saturated rings. The fourth-order valence-corrected chi connectivity index (χ4v) is 11.5. The van der Waals surface area contributed by atoms with E-state index in [0.717, 1.165) is 56.3 Å². The van der Waals surface area contributed by atoms with Gasteiger partial charge in [0.15, 0.2) is 0 Å². The second kappa shape index (κ2) is 15.9. The highest BCUT2D eigenvalue weighted by molar-refractivity contribution is 6.14. The molecule has 0 aliphatic carbocycles. The maximum absolute atomic E-state index is 5.14. The van der Waals surface area contributed by atoms with Gasteiger partial charge in [-0.05, 0) is 138 Å². The van der Waals surface area contributed by atoms with E-state index in [-0.39, 0.29) is 0 Å². The van der Waals surface area contributed by atoms with Crippen LogP contribution in [0.1, 0.15) is 0 Å². The molecule has 0 amide bonds. The Morgan fingerprint density at radius 2 is 0.556 bits per heavy atom. The molecule has 0 saturated carbocycles. The van der Waals surface area contributed by atoms with Crippen LogP contribution in [0.3, 0.4) is 0 Å². The van der Waals surface area contributed by atoms with Crippen molar-refractivity contribution < 1.29 is 0 Å². The molecule has 4 aromatic heterocycles. The molecule has 15 aromatic rings. The third-order valence-electron chi connectivity index (χ3n) is 14.8. The third-order valence-corrected chi connectivity index (χ3v) is 14.8. The lowest BCUT2D eigenvalue weighted by molar-refractivity contribution is 1.10. The standard InChI is InChI=1S/C67H43N5/c1-4-16-49(17-5-1)69-60-25-13-10-22-53(60)55-41-47(33-37-62(55)69)48-34-38-63-56(42-48)54-23-11-14-26-61(54)71(63)52-35-39-65-58(43-52)57-40-46(32-36-64(57)70(65)50-18-6-2-7-19-50)44-28-30-45(31-29-44)67-68-59-24-12-15-27-66(59)72(67)51-20-8-3-9-21-51/h1-43H. The second-order valence-corrected chi connectivity index (χ2v) is 18.8. The lowest BCUT2D eigenvalue weighted by Crippen LogP contribution is -1.97. The van der Waals surface area contributed by atoms with Crippen molar-refractivity contribution in [2.45, 2.75) is 0 Å². The summed E-state index contributed by atoms with van der Waals surface area (Å²) in [6.45, 7) is 0. The minimum absolute atomic E-state index is 0.925. The average Bonchev–Trinajstić information content (AvgIpc) is 4.20. The first-order chi connectivity index (χ1) is 35.7. The number of para-hydroxylation sites is 7. The molecule has 0 aliphatic heterocycles. The Bertz CT molecular complexity index is 4590. The summed E-state index contributed by atoms with van der Waals surface area (Å²) in [6.07, 6.45) is 0. The number of nitrogens with zero attached hydrogens (tertiary/aromatic N) is 5. The Hall–Kier alpha value is -9.71. The molecule has 11 aromatic carbocycles. The van der Waals surface area contributed by atoms with Gasteiger partial charge in [0.1, 0.15) is 5.82 Å². The summed E-state index contributed by atoms with van der Waals surface area (Å²) in [4.78, 5) is 5.14. The van der Waals surface area contributed by atoms with Crippen molar-refractivity contribution in [3.05, 3.63) is 261 Å². The van der Waals surface area contributed by atoms with Crippen LogP contribution in [0.25, 0.3) is 133 Å². The minimum atomic E-state index is 0.925. The monoisotopic (exact) mass is 917 g/mol. The summed E-state index contributed by atoms with van der Waals surface area (Å²) in [5.41, 5.74) is 19.5. The van der Waals surface area contributed by atoms with Gasteiger partial charge in [0, 0.05) is 60.6 Å². The molecule has 336 valence electrons. The van der Waals surface area contributed by atoms with E-state index < -0.39 is 0 Å². The van der Waals surface area contributed by atoms with E-state index in [9.17, 15) is 0 Å². The summed E-state index contributed by atoms with van der Waals surface area (Å²) >= 11 is 0. The van der Waals surface area contributed by atoms with Crippen LogP contribution in [0.4, 0.5) is 0 Å². The molecule has 5 heteroatoms. The predicted molar refractivity (Wildman–Crippen MR) is 300 cm³/mol. The summed E-state index contributed by atoms with van der Waals surface area (Å²) in [7, 11) is 0. The molecule has 5 nitrogen and oxygen atoms in total. The van der Waals surface area contributed by atoms with Crippen LogP contribution in [-0.4, -0.2) is 23.3 Å². The van der Waals surface area contributed by atoms with E-state index in [1.807, 2.05) is 0 Å². The first kappa shape index (κ1) is 40.2. The van der Waals surface area contributed by atoms with E-state index in [0.29, 0.717) is 0 Å². The van der Waals surface area contributed by atoms with Gasteiger partial charge in [0.25, 0.3) is 0 Å². The van der Waals surface area contributed by atoms with Crippen LogP contribution >= 0.6 is 0 Å². The van der Waals surface area contributed by atoms with Gasteiger partial charge in [-0.15, -0.1) is 0 Å². The molecule has 0 saturated heterocycles. The predicted octanol–water partition coefficient (Wildman–Crippen LogP) is 17.3. The van der Waals surface area contributed by atoms with Gasteiger partial charge in [-0.25, -0.2) is 4.98 Å². The zero-order valence-electron chi connectivity index (χ0n) is 39.1. The van der Waals surface area contributed by atoms with Gasteiger partial charge in [-0.2, -0.15) is 0 Å². The Labute approximate surface area is 414 Å². The number of hydrogen-bond donors (Lipinski definition) is 0. The second-order valence-electron chi connectivity index (χ2n) is 18.8. The van der Waals surface area contributed by atoms with Crippen LogP contribution in [0.2, 0.25) is 0 Å². The quantitative estimate of drug-likeness (QED) is 0.157. The van der Waals surface area contributed by atoms with Gasteiger partial charge < -0.3 is 13.7 Å². The summed E-state index contributed by atoms with van der Waals surface area (Å²) in [5, 5.41) is 7.36. The zero-order valence-corrected chi connectivity index (χ0v) is 39.1. The van der Waals surface area contributed by atoms with Crippen molar-refractivity contribution in [3.8, 4) is 56.4 Å². The highest BCUT2D eigenvalue weighted by Gasteiger charge is 2.20. The summed E-state index contributed by atoms with van der Waals surface area (Å²) < 4.78 is 9.49. The van der Waals surface area contributed by atoms with Crippen molar-refractivity contribution in [2.24, 2.45) is 0 Å². The summed E-state index contributed by atoms with van der Waals surface area (Å²) in [6, 6.07) is 94.6. The van der Waals surface area contributed by atoms with Gasteiger partial charge in [0.05, 0.1) is 44.1 Å². The number of benzene rings is 11. The summed E-state index contributed by atoms with van der Waals surface area (Å²) in [5.74, 6) is 0.925. The van der Waals surface area contributed by atoms with Crippen molar-refractivity contribution in [3.63, 3.8) is 0 Å². The number of fused-ring (bicyclic) bond motifs is 10. The number of imidazole rings is 1. The van der Waals surface area contributed by atoms with Crippen molar-refractivity contribution >= 4 is 76.5 Å². The average molecular weight is 918 g/mol. The van der Waals surface area contributed by atoms with Crippen molar-refractivity contribution in [1.29, 1.82) is 0 Å². The molecule has 0 N–H and O–H groups in total.